The fourth-order valence-electron chi connectivity index (χ4n) is 5.24. The van der Waals surface area contributed by atoms with Gasteiger partial charge in [-0.1, -0.05) is 91.9 Å². The van der Waals surface area contributed by atoms with Gasteiger partial charge >= 0.3 is 6.03 Å². The summed E-state index contributed by atoms with van der Waals surface area (Å²) >= 11 is 1.66. The summed E-state index contributed by atoms with van der Waals surface area (Å²) in [5, 5.41) is 16.1. The SMILES string of the molecule is CC(=O)[C@@H](Cc1ccccc1)NC(=O)NCc1ccc(C2O[C@H](CSc3ccccn3)[C@H](C)[C@H](c3ccc(CO)cc3)O2)cc1. The maximum Gasteiger partial charge on any atom is 0.315 e. The lowest BCUT2D eigenvalue weighted by Gasteiger charge is -2.41. The van der Waals surface area contributed by atoms with Gasteiger partial charge < -0.3 is 25.2 Å². The summed E-state index contributed by atoms with van der Waals surface area (Å²) in [6.45, 7) is 3.92. The van der Waals surface area contributed by atoms with Crippen molar-refractivity contribution in [2.45, 2.75) is 63.0 Å². The molecule has 1 aromatic heterocycles. The molecule has 1 fully saturated rings. The topological polar surface area (TPSA) is 110 Å². The summed E-state index contributed by atoms with van der Waals surface area (Å²) in [6.07, 6.45) is 1.33. The Kier molecular flexibility index (Phi) is 11.4. The molecular weight excluding hydrogens is 586 g/mol. The number of amides is 2. The highest BCUT2D eigenvalue weighted by Crippen LogP contribution is 2.42. The number of nitrogens with one attached hydrogen (secondary N) is 2. The summed E-state index contributed by atoms with van der Waals surface area (Å²) in [6, 6.07) is 30.2. The quantitative estimate of drug-likeness (QED) is 0.162. The van der Waals surface area contributed by atoms with Crippen LogP contribution < -0.4 is 10.6 Å². The van der Waals surface area contributed by atoms with E-state index in [4.69, 9.17) is 9.47 Å². The van der Waals surface area contributed by atoms with Crippen LogP contribution in [0.4, 0.5) is 4.79 Å². The number of rotatable bonds is 12. The third kappa shape index (κ3) is 9.02. The minimum absolute atomic E-state index is 0.00963. The van der Waals surface area contributed by atoms with E-state index in [1.165, 1.54) is 6.92 Å². The van der Waals surface area contributed by atoms with Crippen LogP contribution in [0.2, 0.25) is 0 Å². The normalized spacial score (nSPS) is 20.2. The summed E-state index contributed by atoms with van der Waals surface area (Å²) in [7, 11) is 0. The Bertz CT molecular complexity index is 1520. The lowest BCUT2D eigenvalue weighted by atomic mass is 9.91. The molecular formula is C36H39N3O5S. The van der Waals surface area contributed by atoms with Crippen LogP contribution in [0.5, 0.6) is 0 Å². The van der Waals surface area contributed by atoms with E-state index in [9.17, 15) is 14.7 Å². The van der Waals surface area contributed by atoms with Gasteiger partial charge in [-0.3, -0.25) is 4.79 Å². The first-order valence-corrected chi connectivity index (χ1v) is 16.1. The third-order valence-electron chi connectivity index (χ3n) is 7.94. The number of pyridine rings is 1. The van der Waals surface area contributed by atoms with Crippen LogP contribution in [0.1, 0.15) is 54.1 Å². The number of nitrogens with zero attached hydrogens (tertiary/aromatic N) is 1. The van der Waals surface area contributed by atoms with Gasteiger partial charge in [0.2, 0.25) is 0 Å². The van der Waals surface area contributed by atoms with E-state index in [1.54, 1.807) is 18.0 Å². The van der Waals surface area contributed by atoms with Crippen LogP contribution in [-0.2, 0) is 33.8 Å². The highest BCUT2D eigenvalue weighted by molar-refractivity contribution is 7.99. The maximum absolute atomic E-state index is 12.6. The Morgan fingerprint density at radius 1 is 0.867 bits per heavy atom. The molecule has 4 aromatic rings. The largest absolute Gasteiger partial charge is 0.392 e. The van der Waals surface area contributed by atoms with Crippen molar-refractivity contribution in [2.75, 3.05) is 5.75 Å². The zero-order valence-corrected chi connectivity index (χ0v) is 26.3. The summed E-state index contributed by atoms with van der Waals surface area (Å²) < 4.78 is 13.1. The highest BCUT2D eigenvalue weighted by atomic mass is 32.2. The van der Waals surface area contributed by atoms with Gasteiger partial charge in [-0.15, -0.1) is 11.8 Å². The number of ether oxygens (including phenoxy) is 2. The molecule has 3 N–H and O–H groups in total. The summed E-state index contributed by atoms with van der Waals surface area (Å²) in [4.78, 5) is 29.3. The molecule has 234 valence electrons. The minimum atomic E-state index is -0.602. The van der Waals surface area contributed by atoms with Crippen LogP contribution in [0.25, 0.3) is 0 Å². The van der Waals surface area contributed by atoms with E-state index in [-0.39, 0.29) is 30.5 Å². The fraction of sp³-hybridized carbons (Fsp3) is 0.306. The van der Waals surface area contributed by atoms with E-state index < -0.39 is 18.4 Å². The molecule has 1 aliphatic heterocycles. The predicted octanol–water partition coefficient (Wildman–Crippen LogP) is 6.16. The molecule has 1 unspecified atom stereocenters. The highest BCUT2D eigenvalue weighted by Gasteiger charge is 2.38. The predicted molar refractivity (Wildman–Crippen MR) is 174 cm³/mol. The molecule has 0 aliphatic carbocycles. The van der Waals surface area contributed by atoms with Gasteiger partial charge in [0.15, 0.2) is 12.1 Å². The fourth-order valence-corrected chi connectivity index (χ4v) is 6.27. The first-order valence-electron chi connectivity index (χ1n) is 15.1. The van der Waals surface area contributed by atoms with Crippen LogP contribution in [-0.4, -0.2) is 39.8 Å². The number of aliphatic hydroxyl groups is 1. The molecule has 1 saturated heterocycles. The van der Waals surface area contributed by atoms with Crippen molar-refractivity contribution in [3.8, 4) is 0 Å². The number of aromatic nitrogens is 1. The molecule has 3 aromatic carbocycles. The molecule has 9 heteroatoms. The van der Waals surface area contributed by atoms with E-state index in [0.717, 1.165) is 32.8 Å². The van der Waals surface area contributed by atoms with E-state index in [2.05, 4.69) is 22.5 Å². The van der Waals surface area contributed by atoms with Gasteiger partial charge in [-0.2, -0.15) is 0 Å². The molecule has 2 heterocycles. The number of benzene rings is 3. The number of hydrogen-bond donors (Lipinski definition) is 3. The molecule has 45 heavy (non-hydrogen) atoms. The molecule has 8 nitrogen and oxygen atoms in total. The standard InChI is InChI=1S/C36H39N3O5S/c1-24-32(23-45-33-10-6-7-19-37-33)43-35(44-34(24)29-15-13-28(22-40)14-16-29)30-17-11-27(12-18-30)21-38-36(42)39-31(25(2)41)20-26-8-4-3-5-9-26/h3-19,24,31-32,34-35,40H,20-23H2,1-2H3,(H2,38,39,42)/t24-,31+,32+,34+,35?/m0/s1. The van der Waals surface area contributed by atoms with Crippen molar-refractivity contribution in [2.24, 2.45) is 5.92 Å². The molecule has 0 radical (unpaired) electrons. The molecule has 0 spiro atoms. The summed E-state index contributed by atoms with van der Waals surface area (Å²) in [5.74, 6) is 0.686. The Morgan fingerprint density at radius 2 is 1.56 bits per heavy atom. The van der Waals surface area contributed by atoms with Crippen LogP contribution >= 0.6 is 11.8 Å². The monoisotopic (exact) mass is 625 g/mol. The van der Waals surface area contributed by atoms with Gasteiger partial charge in [-0.25, -0.2) is 9.78 Å². The zero-order chi connectivity index (χ0) is 31.6. The van der Waals surface area contributed by atoms with Crippen molar-refractivity contribution in [3.05, 3.63) is 131 Å². The van der Waals surface area contributed by atoms with Crippen molar-refractivity contribution in [1.29, 1.82) is 0 Å². The Morgan fingerprint density at radius 3 is 2.22 bits per heavy atom. The number of hydrogen-bond acceptors (Lipinski definition) is 7. The zero-order valence-electron chi connectivity index (χ0n) is 25.5. The Balaban J connectivity index is 1.23. The van der Waals surface area contributed by atoms with Crippen LogP contribution in [0, 0.1) is 5.92 Å². The van der Waals surface area contributed by atoms with Crippen molar-refractivity contribution in [3.63, 3.8) is 0 Å². The van der Waals surface area contributed by atoms with E-state index in [0.29, 0.717) is 18.7 Å². The average Bonchev–Trinajstić information content (AvgIpc) is 3.08. The van der Waals surface area contributed by atoms with Crippen LogP contribution in [0.15, 0.2) is 108 Å². The van der Waals surface area contributed by atoms with E-state index in [1.807, 2.05) is 97.1 Å². The van der Waals surface area contributed by atoms with Gasteiger partial charge in [0.05, 0.1) is 29.9 Å². The van der Waals surface area contributed by atoms with Crippen molar-refractivity contribution in [1.82, 2.24) is 15.6 Å². The van der Waals surface area contributed by atoms with Gasteiger partial charge in [0.1, 0.15) is 0 Å². The first kappa shape index (κ1) is 32.4. The van der Waals surface area contributed by atoms with Gasteiger partial charge in [-0.05, 0) is 47.7 Å². The van der Waals surface area contributed by atoms with E-state index >= 15 is 0 Å². The lowest BCUT2D eigenvalue weighted by Crippen LogP contribution is -2.46. The molecule has 0 bridgehead atoms. The number of Topliss-reactive ketones (excluding diaryl/α,β-unsaturated/α-hetero) is 1. The Hall–Kier alpha value is -4.02. The molecule has 1 aliphatic rings. The smallest absolute Gasteiger partial charge is 0.315 e. The lowest BCUT2D eigenvalue weighted by molar-refractivity contribution is -0.268. The Labute approximate surface area is 268 Å². The number of aliphatic hydroxyl groups excluding tert-OH is 1. The second-order valence-corrected chi connectivity index (χ2v) is 12.3. The first-order chi connectivity index (χ1) is 21.9. The number of urea groups is 1. The minimum Gasteiger partial charge on any atom is -0.392 e. The molecule has 2 amide bonds. The van der Waals surface area contributed by atoms with Gasteiger partial charge in [0, 0.05) is 30.0 Å². The van der Waals surface area contributed by atoms with Crippen LogP contribution in [0.3, 0.4) is 0 Å². The molecule has 5 atom stereocenters. The number of carbonyl (C=O) groups is 2. The molecule has 0 saturated carbocycles. The number of ketones is 1. The van der Waals surface area contributed by atoms with Crippen molar-refractivity contribution >= 4 is 23.6 Å². The number of thioether (sulfide) groups is 1. The summed E-state index contributed by atoms with van der Waals surface area (Å²) in [5.41, 5.74) is 4.64. The van der Waals surface area contributed by atoms with Crippen molar-refractivity contribution < 1.29 is 24.2 Å². The second kappa shape index (κ2) is 15.8. The second-order valence-electron chi connectivity index (χ2n) is 11.2. The van der Waals surface area contributed by atoms with Gasteiger partial charge in [0.25, 0.3) is 0 Å². The maximum atomic E-state index is 12.6. The average molecular weight is 626 g/mol. The third-order valence-corrected chi connectivity index (χ3v) is 8.97. The molecule has 5 rings (SSSR count). The number of carbonyl (C=O) groups excluding carboxylic acids is 2.